The molecule has 4 rings (SSSR count). The van der Waals surface area contributed by atoms with Crippen LogP contribution in [0, 0.1) is 11.3 Å². The van der Waals surface area contributed by atoms with Gasteiger partial charge >= 0.3 is 0 Å². The zero-order valence-electron chi connectivity index (χ0n) is 22.8. The van der Waals surface area contributed by atoms with Gasteiger partial charge in [0.1, 0.15) is 16.3 Å². The maximum Gasteiger partial charge on any atom is 0.250 e. The lowest BCUT2D eigenvalue weighted by Gasteiger charge is -2.45. The summed E-state index contributed by atoms with van der Waals surface area (Å²) in [7, 11) is -3.58. The average molecular weight is 533 g/mol. The smallest absolute Gasteiger partial charge is 0.250 e. The molecular weight excluding hydrogens is 492 g/mol. The van der Waals surface area contributed by atoms with Crippen LogP contribution >= 0.6 is 10.6 Å². The Morgan fingerprint density at radius 1 is 1.14 bits per heavy atom. The minimum absolute atomic E-state index is 0.0575. The highest BCUT2D eigenvalue weighted by atomic mass is 32.3. The number of fused-ring (bicyclic) bond motifs is 1. The van der Waals surface area contributed by atoms with E-state index in [1.165, 1.54) is 32.8 Å². The third kappa shape index (κ3) is 5.57. The van der Waals surface area contributed by atoms with Crippen LogP contribution in [-0.4, -0.2) is 46.2 Å². The lowest BCUT2D eigenvalue weighted by Crippen LogP contribution is -2.41. The molecule has 1 aliphatic carbocycles. The quantitative estimate of drug-likeness (QED) is 0.273. The molecule has 1 aromatic carbocycles. The Kier molecular flexibility index (Phi) is 7.03. The number of nitrogens with zero attached hydrogens (tertiary/aromatic N) is 3. The van der Waals surface area contributed by atoms with Gasteiger partial charge in [0, 0.05) is 24.4 Å². The topological polar surface area (TPSA) is 134 Å². The third-order valence-corrected chi connectivity index (χ3v) is 9.55. The first-order valence-electron chi connectivity index (χ1n) is 12.7. The number of amides is 1. The summed E-state index contributed by atoms with van der Waals surface area (Å²) >= 11 is 0. The van der Waals surface area contributed by atoms with E-state index in [1.54, 1.807) is 26.0 Å². The van der Waals surface area contributed by atoms with Crippen LogP contribution in [0.25, 0.3) is 11.0 Å². The summed E-state index contributed by atoms with van der Waals surface area (Å²) in [6.07, 6.45) is 3.25. The zero-order valence-corrected chi connectivity index (χ0v) is 23.6. The first kappa shape index (κ1) is 27.6. The molecule has 0 aliphatic heterocycles. The number of hydrogen-bond donors (Lipinski definition) is 4. The van der Waals surface area contributed by atoms with E-state index in [0.29, 0.717) is 17.2 Å². The van der Waals surface area contributed by atoms with E-state index in [1.807, 2.05) is 6.07 Å². The van der Waals surface area contributed by atoms with E-state index < -0.39 is 26.7 Å². The summed E-state index contributed by atoms with van der Waals surface area (Å²) < 4.78 is 28.7. The molecule has 10 heteroatoms. The minimum Gasteiger partial charge on any atom is -0.395 e. The fourth-order valence-corrected chi connectivity index (χ4v) is 5.56. The predicted octanol–water partition coefficient (Wildman–Crippen LogP) is 5.82. The number of imidazole rings is 1. The molecule has 204 valence electrons. The lowest BCUT2D eigenvalue weighted by molar-refractivity contribution is -0.118. The van der Waals surface area contributed by atoms with Gasteiger partial charge in [0.25, 0.3) is 5.91 Å². The molecule has 1 amide bonds. The minimum atomic E-state index is -3.58. The van der Waals surface area contributed by atoms with E-state index in [2.05, 4.69) is 35.8 Å². The van der Waals surface area contributed by atoms with Crippen molar-refractivity contribution < 1.29 is 23.5 Å². The van der Waals surface area contributed by atoms with Crippen LogP contribution in [0.4, 0.5) is 5.82 Å². The molecule has 2 aromatic heterocycles. The highest BCUT2D eigenvalue weighted by molar-refractivity contribution is 8.26. The van der Waals surface area contributed by atoms with Crippen molar-refractivity contribution in [2.24, 2.45) is 11.3 Å². The number of aliphatic hydroxyl groups excluding tert-OH is 1. The Labute approximate surface area is 220 Å². The molecule has 0 spiro atoms. The maximum absolute atomic E-state index is 13.2. The Balaban J connectivity index is 1.62. The van der Waals surface area contributed by atoms with Gasteiger partial charge in [0.05, 0.1) is 22.5 Å². The number of carbonyl (C=O) groups excluding carboxylic acids is 1. The summed E-state index contributed by atoms with van der Waals surface area (Å²) in [5.41, 5.74) is 1.05. The van der Waals surface area contributed by atoms with Gasteiger partial charge in [0.2, 0.25) is 0 Å². The Bertz CT molecular complexity index is 1300. The number of hydrogen-bond acceptors (Lipinski definition) is 7. The van der Waals surface area contributed by atoms with Gasteiger partial charge < -0.3 is 19.5 Å². The second-order valence-corrected chi connectivity index (χ2v) is 15.2. The van der Waals surface area contributed by atoms with Crippen molar-refractivity contribution in [1.82, 2.24) is 14.7 Å². The largest absolute Gasteiger partial charge is 0.395 e. The summed E-state index contributed by atoms with van der Waals surface area (Å²) in [6.45, 7) is 13.9. The first-order chi connectivity index (χ1) is 17.0. The molecule has 1 saturated carbocycles. The number of benzene rings is 1. The van der Waals surface area contributed by atoms with Crippen molar-refractivity contribution in [1.29, 1.82) is 0 Å². The third-order valence-electron chi connectivity index (χ3n) is 7.03. The van der Waals surface area contributed by atoms with E-state index >= 15 is 0 Å². The number of nitrogens with one attached hydrogen (secondary N) is 1. The van der Waals surface area contributed by atoms with Crippen LogP contribution in [0.2, 0.25) is 0 Å². The van der Waals surface area contributed by atoms with E-state index in [9.17, 15) is 19.0 Å². The second-order valence-electron chi connectivity index (χ2n) is 12.6. The number of anilines is 1. The highest BCUT2D eigenvalue weighted by Crippen LogP contribution is 2.59. The van der Waals surface area contributed by atoms with Gasteiger partial charge in [-0.2, -0.15) is 10.6 Å². The van der Waals surface area contributed by atoms with Gasteiger partial charge in [-0.05, 0) is 56.2 Å². The van der Waals surface area contributed by atoms with Crippen LogP contribution in [0.1, 0.15) is 72.9 Å². The standard InChI is InChI=1S/C27H40N4O5S/c1-25(2,3)14-23-28-19-12-18(10-11-20(19)31(23)15-17-8-9-17)37(34,35)27(6,7)24(33)29-22-13-21(36-30-22)26(4,5)16-32/h10-13,17,32,34-35H,8-9,14-16H2,1-7H3,(H,29,30,33). The molecular formula is C27H40N4O5S. The molecule has 1 aliphatic rings. The zero-order chi connectivity index (χ0) is 27.4. The van der Waals surface area contributed by atoms with Gasteiger partial charge in [-0.25, -0.2) is 4.98 Å². The van der Waals surface area contributed by atoms with Crippen molar-refractivity contribution in [2.75, 3.05) is 11.9 Å². The second kappa shape index (κ2) is 9.41. The molecule has 0 atom stereocenters. The first-order valence-corrected chi connectivity index (χ1v) is 14.3. The molecule has 0 saturated heterocycles. The van der Waals surface area contributed by atoms with Crippen LogP contribution in [0.5, 0.6) is 0 Å². The number of carbonyl (C=O) groups is 1. The highest BCUT2D eigenvalue weighted by Gasteiger charge is 2.43. The van der Waals surface area contributed by atoms with Crippen molar-refractivity contribution in [3.05, 3.63) is 35.9 Å². The van der Waals surface area contributed by atoms with Crippen LogP contribution in [-0.2, 0) is 23.2 Å². The van der Waals surface area contributed by atoms with Crippen molar-refractivity contribution in [2.45, 2.75) is 89.3 Å². The predicted molar refractivity (Wildman–Crippen MR) is 146 cm³/mol. The Morgan fingerprint density at radius 2 is 1.81 bits per heavy atom. The van der Waals surface area contributed by atoms with Gasteiger partial charge in [0.15, 0.2) is 5.82 Å². The fourth-order valence-electron chi connectivity index (χ4n) is 4.13. The lowest BCUT2D eigenvalue weighted by atomic mass is 9.92. The average Bonchev–Trinajstić information content (AvgIpc) is 3.39. The van der Waals surface area contributed by atoms with Crippen LogP contribution in [0.15, 0.2) is 33.7 Å². The van der Waals surface area contributed by atoms with Gasteiger partial charge in [-0.3, -0.25) is 13.9 Å². The normalized spacial score (nSPS) is 15.8. The monoisotopic (exact) mass is 532 g/mol. The molecule has 4 N–H and O–H groups in total. The van der Waals surface area contributed by atoms with E-state index in [-0.39, 0.29) is 22.7 Å². The molecule has 9 nitrogen and oxygen atoms in total. The fraction of sp³-hybridized carbons (Fsp3) is 0.593. The van der Waals surface area contributed by atoms with E-state index in [0.717, 1.165) is 24.3 Å². The van der Waals surface area contributed by atoms with Gasteiger partial charge in [-0.15, -0.1) is 0 Å². The molecule has 0 unspecified atom stereocenters. The maximum atomic E-state index is 13.2. The number of rotatable bonds is 9. The summed E-state index contributed by atoms with van der Waals surface area (Å²) in [5.74, 6) is 1.60. The molecule has 1 fully saturated rings. The molecule has 0 bridgehead atoms. The molecule has 37 heavy (non-hydrogen) atoms. The summed E-state index contributed by atoms with van der Waals surface area (Å²) in [4.78, 5) is 18.4. The molecule has 0 radical (unpaired) electrons. The van der Waals surface area contributed by atoms with Gasteiger partial charge in [-0.1, -0.05) is 39.8 Å². The SMILES string of the molecule is CC(C)(C)Cc1nc2cc(S(O)(O)C(C)(C)C(=O)Nc3cc(C(C)(C)CO)on3)ccc2n1CC1CC1. The molecule has 2 heterocycles. The molecule has 3 aromatic rings. The van der Waals surface area contributed by atoms with E-state index in [4.69, 9.17) is 9.51 Å². The van der Waals surface area contributed by atoms with Crippen LogP contribution in [0.3, 0.4) is 0 Å². The number of aliphatic hydroxyl groups is 1. The van der Waals surface area contributed by atoms with Crippen molar-refractivity contribution in [3.8, 4) is 0 Å². The Hall–Kier alpha value is -2.40. The van der Waals surface area contributed by atoms with Crippen LogP contribution < -0.4 is 5.32 Å². The number of aromatic nitrogens is 3. The van der Waals surface area contributed by atoms with Crippen molar-refractivity contribution >= 4 is 33.3 Å². The Morgan fingerprint density at radius 3 is 2.41 bits per heavy atom. The summed E-state index contributed by atoms with van der Waals surface area (Å²) in [5, 5.41) is 16.1. The van der Waals surface area contributed by atoms with Crippen molar-refractivity contribution in [3.63, 3.8) is 0 Å². The summed E-state index contributed by atoms with van der Waals surface area (Å²) in [6, 6.07) is 6.81.